The van der Waals surface area contributed by atoms with Crippen molar-refractivity contribution < 1.29 is 4.84 Å². The van der Waals surface area contributed by atoms with Gasteiger partial charge < -0.3 is 0 Å². The molecule has 0 aromatic heterocycles. The van der Waals surface area contributed by atoms with Crippen molar-refractivity contribution in [1.29, 1.82) is 0 Å². The van der Waals surface area contributed by atoms with Gasteiger partial charge in [-0.15, -0.1) is 0 Å². The molecule has 1 aromatic rings. The highest BCUT2D eigenvalue weighted by atomic mass is 79.9. The molecule has 1 rings (SSSR count). The summed E-state index contributed by atoms with van der Waals surface area (Å²) < 4.78 is 1.13. The van der Waals surface area contributed by atoms with Crippen LogP contribution in [0.15, 0.2) is 16.6 Å². The van der Waals surface area contributed by atoms with Crippen molar-refractivity contribution in [3.63, 3.8) is 0 Å². The number of rotatable bonds is 2. The van der Waals surface area contributed by atoms with Crippen LogP contribution < -0.4 is 5.90 Å². The molecular weight excluding hydrogens is 242 g/mol. The molecule has 0 aliphatic rings. The van der Waals surface area contributed by atoms with Gasteiger partial charge in [-0.25, -0.2) is 5.90 Å². The molecule has 0 amide bonds. The van der Waals surface area contributed by atoms with Crippen LogP contribution >= 0.6 is 15.9 Å². The van der Waals surface area contributed by atoms with Crippen LogP contribution in [0.4, 0.5) is 0 Å². The summed E-state index contributed by atoms with van der Waals surface area (Å²) in [5, 5.41) is 0. The van der Waals surface area contributed by atoms with Crippen LogP contribution in [0, 0.1) is 13.8 Å². The van der Waals surface area contributed by atoms with Gasteiger partial charge >= 0.3 is 0 Å². The summed E-state index contributed by atoms with van der Waals surface area (Å²) in [5.41, 5.74) is 3.07. The van der Waals surface area contributed by atoms with Gasteiger partial charge in [-0.05, 0) is 44.4 Å². The highest BCUT2D eigenvalue weighted by Crippen LogP contribution is 2.32. The Morgan fingerprint density at radius 2 is 1.86 bits per heavy atom. The molecule has 2 nitrogen and oxygen atoms in total. The lowest BCUT2D eigenvalue weighted by Gasteiger charge is -2.25. The molecule has 0 bridgehead atoms. The lowest BCUT2D eigenvalue weighted by molar-refractivity contribution is -0.0241. The summed E-state index contributed by atoms with van der Waals surface area (Å²) in [6, 6.07) is 4.12. The third kappa shape index (κ3) is 2.00. The summed E-state index contributed by atoms with van der Waals surface area (Å²) in [7, 11) is 0. The van der Waals surface area contributed by atoms with Crippen LogP contribution in [0.3, 0.4) is 0 Å². The van der Waals surface area contributed by atoms with E-state index in [1.807, 2.05) is 13.8 Å². The molecule has 0 saturated carbocycles. The number of nitrogens with two attached hydrogens (primary N) is 1. The zero-order valence-electron chi connectivity index (χ0n) is 9.02. The highest BCUT2D eigenvalue weighted by molar-refractivity contribution is 9.10. The Morgan fingerprint density at radius 3 is 2.36 bits per heavy atom. The molecule has 0 aliphatic heterocycles. The second-order valence-electron chi connectivity index (χ2n) is 4.00. The van der Waals surface area contributed by atoms with Crippen LogP contribution in [0.5, 0.6) is 0 Å². The second kappa shape index (κ2) is 4.01. The molecule has 0 unspecified atom stereocenters. The van der Waals surface area contributed by atoms with Gasteiger partial charge in [0.15, 0.2) is 0 Å². The first-order valence-electron chi connectivity index (χ1n) is 4.54. The minimum atomic E-state index is -0.444. The zero-order valence-corrected chi connectivity index (χ0v) is 10.6. The quantitative estimate of drug-likeness (QED) is 0.827. The molecule has 0 spiro atoms. The van der Waals surface area contributed by atoms with Gasteiger partial charge in [0.1, 0.15) is 5.60 Å². The topological polar surface area (TPSA) is 35.2 Å². The van der Waals surface area contributed by atoms with E-state index >= 15 is 0 Å². The lowest BCUT2D eigenvalue weighted by atomic mass is 9.92. The molecule has 0 radical (unpaired) electrons. The maximum atomic E-state index is 5.28. The van der Waals surface area contributed by atoms with E-state index in [1.54, 1.807) is 0 Å². The summed E-state index contributed by atoms with van der Waals surface area (Å²) in [6.07, 6.45) is 0. The number of benzene rings is 1. The van der Waals surface area contributed by atoms with Gasteiger partial charge in [0.05, 0.1) is 0 Å². The van der Waals surface area contributed by atoms with E-state index in [1.165, 1.54) is 11.1 Å². The van der Waals surface area contributed by atoms with Crippen LogP contribution in [-0.4, -0.2) is 0 Å². The van der Waals surface area contributed by atoms with Crippen molar-refractivity contribution >= 4 is 15.9 Å². The first-order chi connectivity index (χ1) is 6.40. The molecule has 3 heteroatoms. The van der Waals surface area contributed by atoms with E-state index < -0.39 is 5.60 Å². The average molecular weight is 258 g/mol. The van der Waals surface area contributed by atoms with E-state index in [4.69, 9.17) is 10.7 Å². The smallest absolute Gasteiger partial charge is 0.109 e. The van der Waals surface area contributed by atoms with E-state index in [0.29, 0.717) is 0 Å². The molecule has 0 atom stereocenters. The van der Waals surface area contributed by atoms with Crippen molar-refractivity contribution in [2.75, 3.05) is 0 Å². The second-order valence-corrected chi connectivity index (χ2v) is 4.79. The molecule has 14 heavy (non-hydrogen) atoms. The number of hydrogen-bond donors (Lipinski definition) is 1. The Bertz CT molecular complexity index is 347. The Labute approximate surface area is 93.5 Å². The molecule has 0 fully saturated rings. The van der Waals surface area contributed by atoms with E-state index in [-0.39, 0.29) is 0 Å². The summed E-state index contributed by atoms with van der Waals surface area (Å²) in [5.74, 6) is 5.28. The maximum absolute atomic E-state index is 5.28. The fourth-order valence-electron chi connectivity index (χ4n) is 1.54. The van der Waals surface area contributed by atoms with E-state index in [2.05, 4.69) is 41.9 Å². The predicted molar refractivity (Wildman–Crippen MR) is 61.9 cm³/mol. The van der Waals surface area contributed by atoms with Crippen molar-refractivity contribution in [1.82, 2.24) is 0 Å². The van der Waals surface area contributed by atoms with Crippen molar-refractivity contribution in [2.45, 2.75) is 33.3 Å². The van der Waals surface area contributed by atoms with Gasteiger partial charge in [0.25, 0.3) is 0 Å². The van der Waals surface area contributed by atoms with Crippen LogP contribution in [0.25, 0.3) is 0 Å². The van der Waals surface area contributed by atoms with Crippen LogP contribution in [-0.2, 0) is 10.4 Å². The summed E-state index contributed by atoms with van der Waals surface area (Å²) >= 11 is 3.56. The molecule has 1 aromatic carbocycles. The normalized spacial score (nSPS) is 11.9. The molecule has 2 N–H and O–H groups in total. The van der Waals surface area contributed by atoms with Gasteiger partial charge in [0.2, 0.25) is 0 Å². The SMILES string of the molecule is Cc1ccc(C(C)(C)ON)c(C)c1Br. The minimum absolute atomic E-state index is 0.444. The van der Waals surface area contributed by atoms with Crippen LogP contribution in [0.1, 0.15) is 30.5 Å². The monoisotopic (exact) mass is 257 g/mol. The predicted octanol–water partition coefficient (Wildman–Crippen LogP) is 3.19. The molecule has 0 heterocycles. The third-order valence-corrected chi connectivity index (χ3v) is 3.74. The fourth-order valence-corrected chi connectivity index (χ4v) is 1.88. The Kier molecular flexibility index (Phi) is 3.35. The van der Waals surface area contributed by atoms with Crippen LogP contribution in [0.2, 0.25) is 0 Å². The number of halogens is 1. The lowest BCUT2D eigenvalue weighted by Crippen LogP contribution is -2.26. The van der Waals surface area contributed by atoms with Crippen molar-refractivity contribution in [3.8, 4) is 0 Å². The third-order valence-electron chi connectivity index (χ3n) is 2.52. The summed E-state index contributed by atoms with van der Waals surface area (Å²) in [6.45, 7) is 8.04. The average Bonchev–Trinajstić information content (AvgIpc) is 2.14. The number of aryl methyl sites for hydroxylation is 1. The summed E-state index contributed by atoms with van der Waals surface area (Å²) in [4.78, 5) is 4.98. The van der Waals surface area contributed by atoms with E-state index in [9.17, 15) is 0 Å². The molecule has 78 valence electrons. The highest BCUT2D eigenvalue weighted by Gasteiger charge is 2.23. The molecular formula is C11H16BrNO. The standard InChI is InChI=1S/C11H16BrNO/c1-7-5-6-9(8(2)10(7)12)11(3,4)14-13/h5-6H,13H2,1-4H3. The first-order valence-corrected chi connectivity index (χ1v) is 5.33. The first kappa shape index (κ1) is 11.7. The van der Waals surface area contributed by atoms with Gasteiger partial charge in [-0.2, -0.15) is 0 Å². The van der Waals surface area contributed by atoms with E-state index in [0.717, 1.165) is 10.0 Å². The largest absolute Gasteiger partial charge is 0.294 e. The maximum Gasteiger partial charge on any atom is 0.109 e. The van der Waals surface area contributed by atoms with Crippen molar-refractivity contribution in [3.05, 3.63) is 33.3 Å². The Hall–Kier alpha value is -0.380. The minimum Gasteiger partial charge on any atom is -0.294 e. The fraction of sp³-hybridized carbons (Fsp3) is 0.455. The number of hydrogen-bond acceptors (Lipinski definition) is 2. The Balaban J connectivity index is 3.31. The molecule has 0 aliphatic carbocycles. The zero-order chi connectivity index (χ0) is 10.9. The van der Waals surface area contributed by atoms with Gasteiger partial charge in [-0.1, -0.05) is 28.1 Å². The molecule has 0 saturated heterocycles. The Morgan fingerprint density at radius 1 is 1.29 bits per heavy atom. The van der Waals surface area contributed by atoms with Gasteiger partial charge in [-0.3, -0.25) is 4.84 Å². The van der Waals surface area contributed by atoms with Gasteiger partial charge in [0, 0.05) is 4.47 Å². The van der Waals surface area contributed by atoms with Crippen molar-refractivity contribution in [2.24, 2.45) is 5.90 Å².